The summed E-state index contributed by atoms with van der Waals surface area (Å²) in [4.78, 5) is 18.9. The molecule has 0 fully saturated rings. The molecule has 0 aromatic carbocycles. The Hall–Kier alpha value is -1.56. The van der Waals surface area contributed by atoms with Crippen molar-refractivity contribution in [3.05, 3.63) is 39.0 Å². The lowest BCUT2D eigenvalue weighted by Crippen LogP contribution is -2.45. The number of methoxy groups -OCH3 is 1. The van der Waals surface area contributed by atoms with Crippen LogP contribution in [-0.4, -0.2) is 65.6 Å². The molecule has 1 unspecified atom stereocenters. The first kappa shape index (κ1) is 29.7. The van der Waals surface area contributed by atoms with E-state index in [9.17, 15) is 9.90 Å². The Morgan fingerprint density at radius 3 is 2.49 bits per heavy atom. The van der Waals surface area contributed by atoms with Gasteiger partial charge in [0.15, 0.2) is 16.7 Å². The van der Waals surface area contributed by atoms with Crippen molar-refractivity contribution >= 4 is 40.2 Å². The molecule has 0 spiro atoms. The third-order valence-electron chi connectivity index (χ3n) is 5.05. The summed E-state index contributed by atoms with van der Waals surface area (Å²) in [6, 6.07) is 1.56. The first-order chi connectivity index (χ1) is 16.2. The lowest BCUT2D eigenvalue weighted by Gasteiger charge is -2.39. The van der Waals surface area contributed by atoms with E-state index in [0.29, 0.717) is 28.4 Å². The fourth-order valence-electron chi connectivity index (χ4n) is 3.24. The van der Waals surface area contributed by atoms with Crippen LogP contribution in [0.4, 0.5) is 0 Å². The van der Waals surface area contributed by atoms with Crippen molar-refractivity contribution in [2.45, 2.75) is 65.7 Å². The molecule has 2 heterocycles. The van der Waals surface area contributed by atoms with E-state index in [-0.39, 0.29) is 28.8 Å². The van der Waals surface area contributed by atoms with Crippen LogP contribution in [-0.2, 0) is 14.3 Å². The van der Waals surface area contributed by atoms with E-state index in [1.807, 2.05) is 4.90 Å². The Labute approximate surface area is 226 Å². The van der Waals surface area contributed by atoms with Gasteiger partial charge in [0.2, 0.25) is 0 Å². The number of hydrogen-bond acceptors (Lipinski definition) is 8. The van der Waals surface area contributed by atoms with E-state index >= 15 is 0 Å². The Bertz CT molecular complexity index is 939. The van der Waals surface area contributed by atoms with Gasteiger partial charge < -0.3 is 29.0 Å². The summed E-state index contributed by atoms with van der Waals surface area (Å²) in [7, 11) is 1.64. The van der Waals surface area contributed by atoms with Gasteiger partial charge in [-0.25, -0.2) is 9.78 Å². The lowest BCUT2D eigenvalue weighted by molar-refractivity contribution is -0.151. The SMILES string of the molecule is COCCCOc1cc(OC[C@H](N2C=CC(O)C(C(=O)OC(C)(C)C)=C2)C(C)(C)C)c(I)nc1Cl. The summed E-state index contributed by atoms with van der Waals surface area (Å²) in [5.74, 6) is 0.432. The molecule has 0 amide bonds. The van der Waals surface area contributed by atoms with E-state index in [1.165, 1.54) is 0 Å². The van der Waals surface area contributed by atoms with Gasteiger partial charge in [0.05, 0.1) is 18.2 Å². The number of nitrogens with zero attached hydrogens (tertiary/aromatic N) is 2. The van der Waals surface area contributed by atoms with Crippen LogP contribution >= 0.6 is 34.2 Å². The maximum atomic E-state index is 12.7. The largest absolute Gasteiger partial charge is 0.490 e. The lowest BCUT2D eigenvalue weighted by atomic mass is 9.85. The quantitative estimate of drug-likeness (QED) is 0.170. The minimum Gasteiger partial charge on any atom is -0.490 e. The van der Waals surface area contributed by atoms with Crippen LogP contribution in [0.25, 0.3) is 0 Å². The summed E-state index contributed by atoms with van der Waals surface area (Å²) in [6.07, 6.45) is 4.64. The highest BCUT2D eigenvalue weighted by Crippen LogP contribution is 2.33. The van der Waals surface area contributed by atoms with E-state index in [1.54, 1.807) is 52.4 Å². The van der Waals surface area contributed by atoms with Gasteiger partial charge in [0.1, 0.15) is 22.0 Å². The molecule has 2 atom stereocenters. The van der Waals surface area contributed by atoms with E-state index < -0.39 is 17.7 Å². The first-order valence-electron chi connectivity index (χ1n) is 11.4. The van der Waals surface area contributed by atoms with Crippen molar-refractivity contribution in [3.8, 4) is 11.5 Å². The highest BCUT2D eigenvalue weighted by molar-refractivity contribution is 14.1. The van der Waals surface area contributed by atoms with Gasteiger partial charge in [-0.3, -0.25) is 0 Å². The smallest absolute Gasteiger partial charge is 0.339 e. The highest BCUT2D eigenvalue weighted by Gasteiger charge is 2.34. The number of esters is 1. The average Bonchev–Trinajstić information content (AvgIpc) is 2.72. The molecule has 196 valence electrons. The molecule has 1 N–H and O–H groups in total. The molecule has 1 aliphatic rings. The number of rotatable bonds is 10. The predicted molar refractivity (Wildman–Crippen MR) is 144 cm³/mol. The monoisotopic (exact) mass is 622 g/mol. The number of hydrogen-bond donors (Lipinski definition) is 1. The van der Waals surface area contributed by atoms with Gasteiger partial charge in [-0.15, -0.1) is 0 Å². The fraction of sp³-hybridized carbons (Fsp3) is 0.600. The second kappa shape index (κ2) is 12.6. The Balaban J connectivity index is 2.22. The fourth-order valence-corrected chi connectivity index (χ4v) is 4.13. The van der Waals surface area contributed by atoms with Crippen molar-refractivity contribution in [2.24, 2.45) is 5.41 Å². The summed E-state index contributed by atoms with van der Waals surface area (Å²) in [5, 5.41) is 10.7. The maximum absolute atomic E-state index is 12.7. The number of aromatic nitrogens is 1. The highest BCUT2D eigenvalue weighted by atomic mass is 127. The summed E-state index contributed by atoms with van der Waals surface area (Å²) < 4.78 is 23.1. The Morgan fingerprint density at radius 1 is 1.20 bits per heavy atom. The molecule has 35 heavy (non-hydrogen) atoms. The van der Waals surface area contributed by atoms with Crippen LogP contribution in [0, 0.1) is 9.12 Å². The number of carbonyl (C=O) groups is 1. The normalized spacial score (nSPS) is 17.1. The molecule has 10 heteroatoms. The predicted octanol–water partition coefficient (Wildman–Crippen LogP) is 4.96. The molecule has 1 aromatic heterocycles. The van der Waals surface area contributed by atoms with Crippen LogP contribution in [0.2, 0.25) is 5.15 Å². The van der Waals surface area contributed by atoms with Crippen LogP contribution in [0.15, 0.2) is 30.1 Å². The van der Waals surface area contributed by atoms with Gasteiger partial charge in [-0.2, -0.15) is 0 Å². The zero-order valence-corrected chi connectivity index (χ0v) is 24.3. The van der Waals surface area contributed by atoms with Gasteiger partial charge >= 0.3 is 5.97 Å². The van der Waals surface area contributed by atoms with Crippen molar-refractivity contribution < 1.29 is 28.8 Å². The Morgan fingerprint density at radius 2 is 1.89 bits per heavy atom. The molecule has 0 radical (unpaired) electrons. The number of ether oxygens (including phenoxy) is 4. The van der Waals surface area contributed by atoms with Gasteiger partial charge in [0, 0.05) is 38.6 Å². The van der Waals surface area contributed by atoms with Crippen LogP contribution in [0.3, 0.4) is 0 Å². The molecule has 8 nitrogen and oxygen atoms in total. The van der Waals surface area contributed by atoms with Crippen LogP contribution in [0.5, 0.6) is 11.5 Å². The molecule has 1 aromatic rings. The van der Waals surface area contributed by atoms with E-state index in [0.717, 1.165) is 6.42 Å². The molecule has 0 saturated heterocycles. The minimum atomic E-state index is -1.04. The molecular weight excluding hydrogens is 587 g/mol. The van der Waals surface area contributed by atoms with Gasteiger partial charge in [-0.1, -0.05) is 32.4 Å². The van der Waals surface area contributed by atoms with Crippen molar-refractivity contribution in [3.63, 3.8) is 0 Å². The number of halogens is 2. The average molecular weight is 623 g/mol. The summed E-state index contributed by atoms with van der Waals surface area (Å²) in [6.45, 7) is 12.9. The van der Waals surface area contributed by atoms with Gasteiger partial charge in [0.25, 0.3) is 0 Å². The van der Waals surface area contributed by atoms with Crippen molar-refractivity contribution in [2.75, 3.05) is 26.9 Å². The van der Waals surface area contributed by atoms with Gasteiger partial charge in [-0.05, 0) is 54.9 Å². The molecule has 0 saturated carbocycles. The molecule has 0 bridgehead atoms. The van der Waals surface area contributed by atoms with Crippen molar-refractivity contribution in [1.82, 2.24) is 9.88 Å². The molecular formula is C25H36ClIN2O6. The number of pyridine rings is 1. The van der Waals surface area contributed by atoms with Crippen molar-refractivity contribution in [1.29, 1.82) is 0 Å². The third kappa shape index (κ3) is 9.11. The zero-order valence-electron chi connectivity index (χ0n) is 21.4. The van der Waals surface area contributed by atoms with Crippen LogP contribution in [0.1, 0.15) is 48.0 Å². The summed E-state index contributed by atoms with van der Waals surface area (Å²) >= 11 is 8.33. The number of carbonyl (C=O) groups excluding carboxylic acids is 1. The molecule has 2 rings (SSSR count). The second-order valence-electron chi connectivity index (χ2n) is 10.3. The van der Waals surface area contributed by atoms with E-state index in [4.69, 9.17) is 30.5 Å². The first-order valence-corrected chi connectivity index (χ1v) is 12.9. The minimum absolute atomic E-state index is 0.172. The Kier molecular flexibility index (Phi) is 10.7. The third-order valence-corrected chi connectivity index (χ3v) is 6.10. The molecule has 1 aliphatic heterocycles. The topological polar surface area (TPSA) is 90.3 Å². The van der Waals surface area contributed by atoms with Crippen LogP contribution < -0.4 is 9.47 Å². The number of aliphatic hydroxyl groups excluding tert-OH is 1. The number of aliphatic hydroxyl groups is 1. The molecule has 0 aliphatic carbocycles. The second-order valence-corrected chi connectivity index (χ2v) is 11.7. The summed E-state index contributed by atoms with van der Waals surface area (Å²) in [5.41, 5.74) is -0.740. The maximum Gasteiger partial charge on any atom is 0.339 e. The standard InChI is InChI=1S/C25H36ClIN2O6/c1-24(2,3)20(29-10-9-17(30)16(14-29)23(31)35-25(4,5)6)15-34-19-13-18(21(26)28-22(19)27)33-12-8-11-32-7/h9-10,13-14,17,20,30H,8,11-12,15H2,1-7H3/t17?,20-/m0/s1. The zero-order chi connectivity index (χ0) is 26.4. The van der Waals surface area contributed by atoms with E-state index in [2.05, 4.69) is 48.3 Å².